The molecule has 1 N–H and O–H groups in total. The van der Waals surface area contributed by atoms with Crippen LogP contribution in [0.15, 0.2) is 109 Å². The molecule has 3 aliphatic heterocycles. The van der Waals surface area contributed by atoms with Crippen molar-refractivity contribution in [2.75, 3.05) is 95.4 Å². The van der Waals surface area contributed by atoms with Crippen LogP contribution in [0.3, 0.4) is 0 Å². The number of likely N-dealkylation sites (tertiary alicyclic amines) is 1. The lowest BCUT2D eigenvalue weighted by molar-refractivity contribution is -0.131. The normalized spacial score (nSPS) is 16.0. The summed E-state index contributed by atoms with van der Waals surface area (Å²) in [4.78, 5) is 69.4. The first-order chi connectivity index (χ1) is 32.9. The van der Waals surface area contributed by atoms with Crippen molar-refractivity contribution in [3.8, 4) is 55.7 Å². The van der Waals surface area contributed by atoms with Gasteiger partial charge in [0.1, 0.15) is 32.7 Å². The standard InChI is InChI=1S/C51H50N12O2S2/c1-52-43(64)31-59-20-26-63(27-21-59)49-45-39(34-10-3-2-4-11-34)33-66-51(45)58-47(56-49)41-29-36(15-17-54-41)35-12-9-13-37(28-35)42-30-38-48(55-46(57-50(38)67-42)40-14-5-6-16-53-40)62-24-22-60(23-25-62)32-44(65)61-18-7-8-19-61/h2-6,9-17,28-30,33H,7-8,18-27,31-32H2,1H3,(H,52,64). The number of thiophene rings is 2. The van der Waals surface area contributed by atoms with Gasteiger partial charge >= 0.3 is 0 Å². The minimum absolute atomic E-state index is 0.0207. The van der Waals surface area contributed by atoms with Crippen molar-refractivity contribution in [3.05, 3.63) is 109 Å². The van der Waals surface area contributed by atoms with Crippen molar-refractivity contribution in [1.82, 2.24) is 49.9 Å². The SMILES string of the molecule is CNC(=O)CN1CCN(c2nc(-c3cc(-c4cccc(-c5cc6c(N7CCN(CC(=O)N8CCCC8)CC7)nc(-c7ccccn7)nc6s5)c4)ccn3)nc3scc(-c4ccccc4)c23)CC1. The van der Waals surface area contributed by atoms with E-state index < -0.39 is 0 Å². The van der Waals surface area contributed by atoms with Crippen LogP contribution in [0.2, 0.25) is 0 Å². The monoisotopic (exact) mass is 926 g/mol. The lowest BCUT2D eigenvalue weighted by Gasteiger charge is -2.36. The summed E-state index contributed by atoms with van der Waals surface area (Å²) in [7, 11) is 1.68. The Labute approximate surface area is 397 Å². The number of fused-ring (bicyclic) bond motifs is 2. The van der Waals surface area contributed by atoms with E-state index in [1.54, 1.807) is 35.9 Å². The molecule has 0 radical (unpaired) electrons. The quantitative estimate of drug-likeness (QED) is 0.138. The van der Waals surface area contributed by atoms with Gasteiger partial charge in [-0.25, -0.2) is 19.9 Å². The molecule has 2 amide bonds. The molecule has 11 rings (SSSR count). The summed E-state index contributed by atoms with van der Waals surface area (Å²) in [6.45, 7) is 8.69. The summed E-state index contributed by atoms with van der Waals surface area (Å²) < 4.78 is 0. The van der Waals surface area contributed by atoms with Gasteiger partial charge in [0.25, 0.3) is 0 Å². The molecule has 0 aliphatic carbocycles. The molecule has 8 aromatic rings. The number of hydrogen-bond donors (Lipinski definition) is 1. The topological polar surface area (TPSA) is 140 Å². The van der Waals surface area contributed by atoms with Gasteiger partial charge in [-0.15, -0.1) is 22.7 Å². The number of anilines is 2. The zero-order chi connectivity index (χ0) is 45.3. The Hall–Kier alpha value is -6.72. The molecule has 0 atom stereocenters. The Morgan fingerprint density at radius 3 is 2.01 bits per heavy atom. The average Bonchev–Trinajstić information content (AvgIpc) is 4.19. The lowest BCUT2D eigenvalue weighted by Crippen LogP contribution is -2.50. The first kappa shape index (κ1) is 42.9. The van der Waals surface area contributed by atoms with Gasteiger partial charge in [0.05, 0.1) is 23.9 Å². The molecule has 3 aliphatic rings. The van der Waals surface area contributed by atoms with E-state index in [0.29, 0.717) is 30.4 Å². The molecular weight excluding hydrogens is 877 g/mol. The zero-order valence-electron chi connectivity index (χ0n) is 37.3. The lowest BCUT2D eigenvalue weighted by atomic mass is 10.0. The van der Waals surface area contributed by atoms with Crippen molar-refractivity contribution < 1.29 is 9.59 Å². The number of nitrogens with zero attached hydrogens (tertiary/aromatic N) is 11. The number of carbonyl (C=O) groups is 2. The molecule has 0 bridgehead atoms. The van der Waals surface area contributed by atoms with Crippen LogP contribution >= 0.6 is 22.7 Å². The van der Waals surface area contributed by atoms with Gasteiger partial charge in [-0.2, -0.15) is 0 Å². The average molecular weight is 927 g/mol. The predicted octanol–water partition coefficient (Wildman–Crippen LogP) is 7.43. The third-order valence-electron chi connectivity index (χ3n) is 13.0. The predicted molar refractivity (Wildman–Crippen MR) is 268 cm³/mol. The number of benzene rings is 2. The molecule has 0 unspecified atom stereocenters. The Balaban J connectivity index is 0.899. The van der Waals surface area contributed by atoms with Crippen molar-refractivity contribution in [1.29, 1.82) is 0 Å². The highest BCUT2D eigenvalue weighted by Gasteiger charge is 2.28. The van der Waals surface area contributed by atoms with Crippen molar-refractivity contribution in [3.63, 3.8) is 0 Å². The highest BCUT2D eigenvalue weighted by Crippen LogP contribution is 2.42. The largest absolute Gasteiger partial charge is 0.358 e. The molecule has 0 saturated carbocycles. The van der Waals surface area contributed by atoms with Crippen LogP contribution in [-0.4, -0.2) is 142 Å². The number of rotatable bonds is 11. The molecule has 9 heterocycles. The highest BCUT2D eigenvalue weighted by molar-refractivity contribution is 7.22. The Bertz CT molecular complexity index is 3070. The number of aromatic nitrogens is 6. The van der Waals surface area contributed by atoms with Crippen LogP contribution in [0.4, 0.5) is 11.6 Å². The Morgan fingerprint density at radius 2 is 1.25 bits per heavy atom. The van der Waals surface area contributed by atoms with Gasteiger partial charge < -0.3 is 20.0 Å². The van der Waals surface area contributed by atoms with E-state index in [9.17, 15) is 9.59 Å². The highest BCUT2D eigenvalue weighted by atomic mass is 32.1. The fourth-order valence-corrected chi connectivity index (χ4v) is 11.3. The van der Waals surface area contributed by atoms with Crippen LogP contribution in [-0.2, 0) is 9.59 Å². The molecule has 14 nitrogen and oxygen atoms in total. The minimum atomic E-state index is 0.0207. The third kappa shape index (κ3) is 8.97. The summed E-state index contributed by atoms with van der Waals surface area (Å²) in [6.07, 6.45) is 5.82. The summed E-state index contributed by atoms with van der Waals surface area (Å²) >= 11 is 3.29. The van der Waals surface area contributed by atoms with E-state index >= 15 is 0 Å². The molecule has 338 valence electrons. The van der Waals surface area contributed by atoms with Gasteiger partial charge in [-0.3, -0.25) is 29.4 Å². The number of amides is 2. The second-order valence-electron chi connectivity index (χ2n) is 17.3. The molecule has 3 saturated heterocycles. The summed E-state index contributed by atoms with van der Waals surface area (Å²) in [5.74, 6) is 3.23. The van der Waals surface area contributed by atoms with Gasteiger partial charge in [0.15, 0.2) is 11.6 Å². The number of piperazine rings is 2. The molecule has 16 heteroatoms. The van der Waals surface area contributed by atoms with Crippen LogP contribution in [0.25, 0.3) is 76.2 Å². The number of pyridine rings is 2. The van der Waals surface area contributed by atoms with Crippen molar-refractivity contribution in [2.24, 2.45) is 0 Å². The number of likely N-dealkylation sites (N-methyl/N-ethyl adjacent to an activating group) is 1. The molecule has 2 aromatic carbocycles. The van der Waals surface area contributed by atoms with Crippen LogP contribution in [0, 0.1) is 0 Å². The van der Waals surface area contributed by atoms with Crippen LogP contribution in [0.5, 0.6) is 0 Å². The third-order valence-corrected chi connectivity index (χ3v) is 15.0. The van der Waals surface area contributed by atoms with E-state index in [4.69, 9.17) is 24.9 Å². The fourth-order valence-electron chi connectivity index (χ4n) is 9.36. The first-order valence-electron chi connectivity index (χ1n) is 23.0. The summed E-state index contributed by atoms with van der Waals surface area (Å²) in [6, 6.07) is 31.2. The number of hydrogen-bond acceptors (Lipinski definition) is 14. The van der Waals surface area contributed by atoms with E-state index in [-0.39, 0.29) is 11.8 Å². The van der Waals surface area contributed by atoms with Gasteiger partial charge in [-0.1, -0.05) is 54.6 Å². The van der Waals surface area contributed by atoms with E-state index in [1.165, 1.54) is 0 Å². The van der Waals surface area contributed by atoms with E-state index in [1.807, 2.05) is 41.4 Å². The second-order valence-corrected chi connectivity index (χ2v) is 19.2. The van der Waals surface area contributed by atoms with E-state index in [0.717, 1.165) is 149 Å². The second kappa shape index (κ2) is 18.9. The summed E-state index contributed by atoms with van der Waals surface area (Å²) in [5.41, 5.74) is 6.81. The van der Waals surface area contributed by atoms with Crippen LogP contribution < -0.4 is 15.1 Å². The number of carbonyl (C=O) groups excluding carboxylic acids is 2. The fraction of sp³-hybridized carbons (Fsp3) is 0.294. The Kier molecular flexibility index (Phi) is 12.1. The summed E-state index contributed by atoms with van der Waals surface area (Å²) in [5, 5.41) is 6.99. The zero-order valence-corrected chi connectivity index (χ0v) is 39.0. The Morgan fingerprint density at radius 1 is 0.597 bits per heavy atom. The van der Waals surface area contributed by atoms with Gasteiger partial charge in [0.2, 0.25) is 11.8 Å². The van der Waals surface area contributed by atoms with Gasteiger partial charge in [-0.05, 0) is 71.5 Å². The molecular formula is C51H50N12O2S2. The number of nitrogens with one attached hydrogen (secondary N) is 1. The molecule has 6 aromatic heterocycles. The molecule has 0 spiro atoms. The maximum Gasteiger partial charge on any atom is 0.236 e. The van der Waals surface area contributed by atoms with Crippen LogP contribution in [0.1, 0.15) is 12.8 Å². The molecule has 67 heavy (non-hydrogen) atoms. The smallest absolute Gasteiger partial charge is 0.236 e. The maximum absolute atomic E-state index is 13.0. The maximum atomic E-state index is 13.0. The van der Waals surface area contributed by atoms with Crippen molar-refractivity contribution in [2.45, 2.75) is 12.8 Å². The first-order valence-corrected chi connectivity index (χ1v) is 24.7. The molecule has 3 fully saturated rings. The minimum Gasteiger partial charge on any atom is -0.358 e. The van der Waals surface area contributed by atoms with Crippen molar-refractivity contribution >= 4 is 66.6 Å². The van der Waals surface area contributed by atoms with E-state index in [2.05, 4.69) is 95.9 Å². The van der Waals surface area contributed by atoms with Gasteiger partial charge in [0, 0.05) is 101 Å².